The van der Waals surface area contributed by atoms with Crippen molar-refractivity contribution in [3.05, 3.63) is 52.9 Å². The van der Waals surface area contributed by atoms with Crippen LogP contribution in [-0.4, -0.2) is 32.1 Å². The first-order valence-electron chi connectivity index (χ1n) is 7.24. The number of furan rings is 1. The first-order valence-corrected chi connectivity index (χ1v) is 8.04. The summed E-state index contributed by atoms with van der Waals surface area (Å²) in [6.45, 7) is -0.0501. The Morgan fingerprint density at radius 2 is 2.04 bits per heavy atom. The quantitative estimate of drug-likeness (QED) is 0.668. The number of carbonyl (C=O) groups is 2. The van der Waals surface area contributed by atoms with E-state index in [1.807, 2.05) is 24.3 Å². The standard InChI is InChI=1S/C15H13BrN6O3/c16-12-6-2-1-5-11(12)14-19-21-22(20-14)9-13(23)18-15(24)17-8-10-4-3-7-25-10/h1-7H,8-9H2,(H2,17,18,23,24). The van der Waals surface area contributed by atoms with Crippen LogP contribution in [0.25, 0.3) is 11.4 Å². The Hall–Kier alpha value is -3.01. The van der Waals surface area contributed by atoms with Crippen LogP contribution in [0.4, 0.5) is 4.79 Å². The zero-order valence-electron chi connectivity index (χ0n) is 12.8. The van der Waals surface area contributed by atoms with E-state index in [0.717, 1.165) is 14.8 Å². The Bertz CT molecular complexity index is 877. The minimum Gasteiger partial charge on any atom is -0.467 e. The zero-order valence-corrected chi connectivity index (χ0v) is 14.4. The van der Waals surface area contributed by atoms with Crippen molar-refractivity contribution in [1.82, 2.24) is 30.8 Å². The average Bonchev–Trinajstić information content (AvgIpc) is 3.25. The van der Waals surface area contributed by atoms with Crippen molar-refractivity contribution in [2.75, 3.05) is 0 Å². The third kappa shape index (κ3) is 4.51. The molecule has 9 nitrogen and oxygen atoms in total. The minimum atomic E-state index is -0.632. The van der Waals surface area contributed by atoms with Crippen LogP contribution >= 0.6 is 15.9 Å². The third-order valence-corrected chi connectivity index (χ3v) is 3.80. The Balaban J connectivity index is 1.53. The van der Waals surface area contributed by atoms with Crippen molar-refractivity contribution in [3.8, 4) is 11.4 Å². The van der Waals surface area contributed by atoms with E-state index in [-0.39, 0.29) is 13.1 Å². The van der Waals surface area contributed by atoms with E-state index in [9.17, 15) is 9.59 Å². The van der Waals surface area contributed by atoms with Gasteiger partial charge in [0.25, 0.3) is 5.91 Å². The van der Waals surface area contributed by atoms with Crippen LogP contribution in [0.2, 0.25) is 0 Å². The Kier molecular flexibility index (Phi) is 5.19. The molecule has 0 unspecified atom stereocenters. The molecule has 3 rings (SSSR count). The first-order chi connectivity index (χ1) is 12.1. The fourth-order valence-electron chi connectivity index (χ4n) is 1.98. The number of urea groups is 1. The molecule has 0 aliphatic heterocycles. The third-order valence-electron chi connectivity index (χ3n) is 3.11. The number of nitrogens with one attached hydrogen (secondary N) is 2. The van der Waals surface area contributed by atoms with Crippen molar-refractivity contribution in [2.45, 2.75) is 13.1 Å². The monoisotopic (exact) mass is 404 g/mol. The summed E-state index contributed by atoms with van der Waals surface area (Å²) in [5, 5.41) is 16.5. The molecule has 0 aliphatic rings. The number of hydrogen-bond acceptors (Lipinski definition) is 6. The van der Waals surface area contributed by atoms with Crippen molar-refractivity contribution in [1.29, 1.82) is 0 Å². The van der Waals surface area contributed by atoms with Gasteiger partial charge in [-0.2, -0.15) is 4.80 Å². The zero-order chi connectivity index (χ0) is 17.6. The molecule has 10 heteroatoms. The topological polar surface area (TPSA) is 115 Å². The maximum Gasteiger partial charge on any atom is 0.321 e. The maximum absolute atomic E-state index is 11.9. The van der Waals surface area contributed by atoms with E-state index in [0.29, 0.717) is 11.6 Å². The van der Waals surface area contributed by atoms with Gasteiger partial charge in [0.2, 0.25) is 5.82 Å². The molecule has 0 fully saturated rings. The predicted molar refractivity (Wildman–Crippen MR) is 90.0 cm³/mol. The van der Waals surface area contributed by atoms with Gasteiger partial charge in [-0.1, -0.05) is 28.1 Å². The molecule has 0 aliphatic carbocycles. The second kappa shape index (κ2) is 7.71. The Labute approximate surface area is 150 Å². The number of tetrazole rings is 1. The minimum absolute atomic E-state index is 0.180. The summed E-state index contributed by atoms with van der Waals surface area (Å²) in [7, 11) is 0. The second-order valence-corrected chi connectivity index (χ2v) is 5.79. The highest BCUT2D eigenvalue weighted by atomic mass is 79.9. The van der Waals surface area contributed by atoms with Gasteiger partial charge in [-0.05, 0) is 29.5 Å². The van der Waals surface area contributed by atoms with Crippen molar-refractivity contribution in [3.63, 3.8) is 0 Å². The number of hydrogen-bond donors (Lipinski definition) is 2. The van der Waals surface area contributed by atoms with Crippen molar-refractivity contribution >= 4 is 27.9 Å². The van der Waals surface area contributed by atoms with Gasteiger partial charge in [0, 0.05) is 10.0 Å². The van der Waals surface area contributed by atoms with E-state index in [1.165, 1.54) is 6.26 Å². The number of imide groups is 1. The Morgan fingerprint density at radius 3 is 2.80 bits per heavy atom. The van der Waals surface area contributed by atoms with Gasteiger partial charge in [0.05, 0.1) is 12.8 Å². The Morgan fingerprint density at radius 1 is 1.20 bits per heavy atom. The van der Waals surface area contributed by atoms with Crippen LogP contribution in [0.15, 0.2) is 51.6 Å². The van der Waals surface area contributed by atoms with Crippen molar-refractivity contribution in [2.24, 2.45) is 0 Å². The van der Waals surface area contributed by atoms with Crippen LogP contribution in [0.1, 0.15) is 5.76 Å². The highest BCUT2D eigenvalue weighted by Crippen LogP contribution is 2.24. The number of amides is 3. The number of aromatic nitrogens is 4. The molecule has 128 valence electrons. The molecule has 0 spiro atoms. The first kappa shape index (κ1) is 16.8. The summed E-state index contributed by atoms with van der Waals surface area (Å²) < 4.78 is 5.89. The molecule has 3 amide bonds. The van der Waals surface area contributed by atoms with Crippen LogP contribution in [0.5, 0.6) is 0 Å². The van der Waals surface area contributed by atoms with E-state index in [2.05, 4.69) is 42.0 Å². The van der Waals surface area contributed by atoms with Gasteiger partial charge in [0.15, 0.2) is 0 Å². The SMILES string of the molecule is O=C(Cn1nnc(-c2ccccc2Br)n1)NC(=O)NCc1ccco1. The molecule has 25 heavy (non-hydrogen) atoms. The molecule has 2 aromatic heterocycles. The van der Waals surface area contributed by atoms with E-state index < -0.39 is 11.9 Å². The van der Waals surface area contributed by atoms with Gasteiger partial charge < -0.3 is 9.73 Å². The van der Waals surface area contributed by atoms with Gasteiger partial charge in [-0.3, -0.25) is 10.1 Å². The van der Waals surface area contributed by atoms with Crippen LogP contribution in [-0.2, 0) is 17.9 Å². The molecule has 1 aromatic carbocycles. The van der Waals surface area contributed by atoms with Gasteiger partial charge in [-0.25, -0.2) is 4.79 Å². The molecular weight excluding hydrogens is 392 g/mol. The summed E-state index contributed by atoms with van der Waals surface area (Å²) >= 11 is 3.40. The molecule has 0 saturated heterocycles. The molecule has 3 aromatic rings. The van der Waals surface area contributed by atoms with Crippen LogP contribution < -0.4 is 10.6 Å². The lowest BCUT2D eigenvalue weighted by molar-refractivity contribution is -0.121. The number of rotatable bonds is 5. The second-order valence-electron chi connectivity index (χ2n) is 4.93. The average molecular weight is 405 g/mol. The smallest absolute Gasteiger partial charge is 0.321 e. The molecule has 0 bridgehead atoms. The van der Waals surface area contributed by atoms with Crippen LogP contribution in [0.3, 0.4) is 0 Å². The number of nitrogens with zero attached hydrogens (tertiary/aromatic N) is 4. The highest BCUT2D eigenvalue weighted by Gasteiger charge is 2.13. The van der Waals surface area contributed by atoms with Gasteiger partial charge in [0.1, 0.15) is 12.3 Å². The van der Waals surface area contributed by atoms with Crippen molar-refractivity contribution < 1.29 is 14.0 Å². The summed E-state index contributed by atoms with van der Waals surface area (Å²) in [6, 6.07) is 10.2. The largest absolute Gasteiger partial charge is 0.467 e. The molecule has 0 atom stereocenters. The number of carbonyl (C=O) groups excluding carboxylic acids is 2. The highest BCUT2D eigenvalue weighted by molar-refractivity contribution is 9.10. The fraction of sp³-hybridized carbons (Fsp3) is 0.133. The molecule has 0 saturated carbocycles. The van der Waals surface area contributed by atoms with E-state index in [1.54, 1.807) is 12.1 Å². The lowest BCUT2D eigenvalue weighted by atomic mass is 10.2. The van der Waals surface area contributed by atoms with Crippen LogP contribution in [0, 0.1) is 0 Å². The predicted octanol–water partition coefficient (Wildman–Crippen LogP) is 1.72. The summed E-state index contributed by atoms with van der Waals surface area (Å²) in [5.41, 5.74) is 0.755. The molecule has 2 heterocycles. The van der Waals surface area contributed by atoms with Gasteiger partial charge in [-0.15, -0.1) is 10.2 Å². The maximum atomic E-state index is 11.9. The normalized spacial score (nSPS) is 10.4. The summed E-state index contributed by atoms with van der Waals surface area (Å²) in [6.07, 6.45) is 1.50. The summed E-state index contributed by atoms with van der Waals surface area (Å²) in [5.74, 6) is 0.397. The molecule has 0 radical (unpaired) electrons. The fourth-order valence-corrected chi connectivity index (χ4v) is 2.44. The van der Waals surface area contributed by atoms with E-state index in [4.69, 9.17) is 4.42 Å². The summed E-state index contributed by atoms with van der Waals surface area (Å²) in [4.78, 5) is 24.6. The van der Waals surface area contributed by atoms with E-state index >= 15 is 0 Å². The molecular formula is C15H13BrN6O3. The number of benzene rings is 1. The molecule has 2 N–H and O–H groups in total. The lowest BCUT2D eigenvalue weighted by Gasteiger charge is -2.04. The number of halogens is 1. The van der Waals surface area contributed by atoms with Gasteiger partial charge >= 0.3 is 6.03 Å². The lowest BCUT2D eigenvalue weighted by Crippen LogP contribution is -2.40.